The second kappa shape index (κ2) is 7.82. The van der Waals surface area contributed by atoms with Gasteiger partial charge in [-0.05, 0) is 67.3 Å². The Morgan fingerprint density at radius 1 is 1.12 bits per heavy atom. The average Bonchev–Trinajstić information content (AvgIpc) is 2.61. The molecule has 2 aromatic carbocycles. The number of aryl methyl sites for hydroxylation is 1. The first-order valence-corrected chi connectivity index (χ1v) is 8.91. The van der Waals surface area contributed by atoms with Gasteiger partial charge in [0.05, 0.1) is 6.10 Å². The lowest BCUT2D eigenvalue weighted by Crippen LogP contribution is -2.32. The average molecular weight is 325 g/mol. The molecular weight excluding hydrogens is 298 g/mol. The summed E-state index contributed by atoms with van der Waals surface area (Å²) in [6.07, 6.45) is 4.27. The molecule has 0 heterocycles. The first kappa shape index (κ1) is 17.0. The number of phenolic OH excluding ortho intramolecular Hbond substituents is 1. The fraction of sp³-hybridized carbons (Fsp3) is 0.429. The lowest BCUT2D eigenvalue weighted by molar-refractivity contribution is 0.169. The molecule has 3 rings (SSSR count). The van der Waals surface area contributed by atoms with Crippen molar-refractivity contribution in [3.05, 3.63) is 65.2 Å². The fourth-order valence-corrected chi connectivity index (χ4v) is 3.74. The van der Waals surface area contributed by atoms with Crippen molar-refractivity contribution in [3.63, 3.8) is 0 Å². The van der Waals surface area contributed by atoms with Gasteiger partial charge in [-0.1, -0.05) is 36.4 Å². The van der Waals surface area contributed by atoms with Crippen molar-refractivity contribution in [1.29, 1.82) is 0 Å². The molecule has 1 aliphatic rings. The van der Waals surface area contributed by atoms with Gasteiger partial charge in [-0.2, -0.15) is 0 Å². The van der Waals surface area contributed by atoms with E-state index in [1.54, 1.807) is 24.3 Å². The molecule has 0 radical (unpaired) electrons. The number of aliphatic hydroxyl groups is 1. The SMILES string of the molecule is CC(C[C@H]1CCCc2ccccc21)NC[C@H](O)c1ccc(O)cc1. The van der Waals surface area contributed by atoms with Crippen LogP contribution in [-0.2, 0) is 6.42 Å². The van der Waals surface area contributed by atoms with Gasteiger partial charge in [-0.3, -0.25) is 0 Å². The summed E-state index contributed by atoms with van der Waals surface area (Å²) in [6, 6.07) is 15.9. The molecule has 0 aromatic heterocycles. The van der Waals surface area contributed by atoms with Crippen molar-refractivity contribution < 1.29 is 10.2 Å². The minimum Gasteiger partial charge on any atom is -0.508 e. The van der Waals surface area contributed by atoms with Crippen LogP contribution in [0.3, 0.4) is 0 Å². The molecule has 0 fully saturated rings. The Kier molecular flexibility index (Phi) is 5.54. The second-order valence-corrected chi connectivity index (χ2v) is 6.94. The monoisotopic (exact) mass is 325 g/mol. The first-order valence-electron chi connectivity index (χ1n) is 8.91. The van der Waals surface area contributed by atoms with E-state index < -0.39 is 6.10 Å². The van der Waals surface area contributed by atoms with Crippen molar-refractivity contribution in [2.75, 3.05) is 6.54 Å². The third-order valence-corrected chi connectivity index (χ3v) is 5.07. The highest BCUT2D eigenvalue weighted by molar-refractivity contribution is 5.32. The zero-order valence-electron chi connectivity index (χ0n) is 14.3. The minimum absolute atomic E-state index is 0.225. The molecule has 0 aliphatic heterocycles. The Morgan fingerprint density at radius 2 is 1.88 bits per heavy atom. The molecule has 3 atom stereocenters. The van der Waals surface area contributed by atoms with E-state index >= 15 is 0 Å². The van der Waals surface area contributed by atoms with Crippen LogP contribution in [0.1, 0.15) is 54.9 Å². The van der Waals surface area contributed by atoms with Crippen molar-refractivity contribution in [2.45, 2.75) is 50.7 Å². The predicted molar refractivity (Wildman–Crippen MR) is 97.3 cm³/mol. The summed E-state index contributed by atoms with van der Waals surface area (Å²) in [6.45, 7) is 2.72. The maximum absolute atomic E-state index is 10.3. The summed E-state index contributed by atoms with van der Waals surface area (Å²) in [5.41, 5.74) is 3.84. The summed E-state index contributed by atoms with van der Waals surface area (Å²) in [4.78, 5) is 0. The number of aromatic hydroxyl groups is 1. The summed E-state index contributed by atoms with van der Waals surface area (Å²) >= 11 is 0. The number of phenols is 1. The van der Waals surface area contributed by atoms with Crippen LogP contribution in [0.25, 0.3) is 0 Å². The topological polar surface area (TPSA) is 52.5 Å². The molecule has 3 heteroatoms. The van der Waals surface area contributed by atoms with Crippen molar-refractivity contribution in [1.82, 2.24) is 5.32 Å². The Bertz CT molecular complexity index is 653. The molecule has 1 unspecified atom stereocenters. The van der Waals surface area contributed by atoms with Crippen LogP contribution in [0.4, 0.5) is 0 Å². The second-order valence-electron chi connectivity index (χ2n) is 6.94. The Morgan fingerprint density at radius 3 is 2.67 bits per heavy atom. The first-order chi connectivity index (χ1) is 11.6. The van der Waals surface area contributed by atoms with Crippen LogP contribution < -0.4 is 5.32 Å². The predicted octanol–water partition coefficient (Wildman–Crippen LogP) is 3.91. The van der Waals surface area contributed by atoms with Crippen LogP contribution in [0, 0.1) is 0 Å². The third-order valence-electron chi connectivity index (χ3n) is 5.07. The van der Waals surface area contributed by atoms with Gasteiger partial charge in [-0.15, -0.1) is 0 Å². The van der Waals surface area contributed by atoms with Gasteiger partial charge in [0.1, 0.15) is 5.75 Å². The van der Waals surface area contributed by atoms with Crippen molar-refractivity contribution >= 4 is 0 Å². The molecule has 0 amide bonds. The van der Waals surface area contributed by atoms with Gasteiger partial charge in [0.15, 0.2) is 0 Å². The van der Waals surface area contributed by atoms with Crippen molar-refractivity contribution in [2.24, 2.45) is 0 Å². The molecule has 1 aliphatic carbocycles. The van der Waals surface area contributed by atoms with E-state index in [2.05, 4.69) is 36.5 Å². The number of aliphatic hydroxyl groups excluding tert-OH is 1. The number of nitrogens with one attached hydrogen (secondary N) is 1. The largest absolute Gasteiger partial charge is 0.508 e. The van der Waals surface area contributed by atoms with Gasteiger partial charge in [0, 0.05) is 12.6 Å². The molecular formula is C21H27NO2. The molecule has 2 aromatic rings. The maximum Gasteiger partial charge on any atom is 0.115 e. The summed E-state index contributed by atoms with van der Waals surface area (Å²) in [7, 11) is 0. The van der Waals surface area contributed by atoms with Gasteiger partial charge in [0.25, 0.3) is 0 Å². The lowest BCUT2D eigenvalue weighted by atomic mass is 9.80. The molecule has 0 spiro atoms. The number of hydrogen-bond acceptors (Lipinski definition) is 3. The zero-order valence-corrected chi connectivity index (χ0v) is 14.3. The summed E-state index contributed by atoms with van der Waals surface area (Å²) in [5.74, 6) is 0.839. The van der Waals surface area contributed by atoms with Crippen LogP contribution in [-0.4, -0.2) is 22.8 Å². The molecule has 0 saturated carbocycles. The highest BCUT2D eigenvalue weighted by atomic mass is 16.3. The standard InChI is InChI=1S/C21H27NO2/c1-15(22-14-21(24)17-9-11-19(23)12-10-17)13-18-7-4-6-16-5-2-3-8-20(16)18/h2-3,5,8-12,15,18,21-24H,4,6-7,13-14H2,1H3/t15?,18-,21+/m1/s1. The van der Waals surface area contributed by atoms with Crippen molar-refractivity contribution in [3.8, 4) is 5.75 Å². The third kappa shape index (κ3) is 4.16. The van der Waals surface area contributed by atoms with Crippen LogP contribution >= 0.6 is 0 Å². The Labute approximate surface area is 144 Å². The van der Waals surface area contributed by atoms with Gasteiger partial charge < -0.3 is 15.5 Å². The quantitative estimate of drug-likeness (QED) is 0.754. The fourth-order valence-electron chi connectivity index (χ4n) is 3.74. The Hall–Kier alpha value is -1.84. The number of benzene rings is 2. The van der Waals surface area contributed by atoms with E-state index in [0.29, 0.717) is 18.5 Å². The van der Waals surface area contributed by atoms with Crippen LogP contribution in [0.2, 0.25) is 0 Å². The zero-order chi connectivity index (χ0) is 16.9. The lowest BCUT2D eigenvalue weighted by Gasteiger charge is -2.28. The highest BCUT2D eigenvalue weighted by Gasteiger charge is 2.21. The molecule has 3 nitrogen and oxygen atoms in total. The van der Waals surface area contributed by atoms with Gasteiger partial charge in [0.2, 0.25) is 0 Å². The molecule has 128 valence electrons. The molecule has 0 saturated heterocycles. The maximum atomic E-state index is 10.3. The van der Waals surface area contributed by atoms with Crippen LogP contribution in [0.15, 0.2) is 48.5 Å². The smallest absolute Gasteiger partial charge is 0.115 e. The summed E-state index contributed by atoms with van der Waals surface area (Å²) in [5, 5.41) is 23.1. The van der Waals surface area contributed by atoms with Crippen LogP contribution in [0.5, 0.6) is 5.75 Å². The van der Waals surface area contributed by atoms with E-state index in [0.717, 1.165) is 12.0 Å². The number of hydrogen-bond donors (Lipinski definition) is 3. The number of rotatable bonds is 6. The van der Waals surface area contributed by atoms with E-state index in [1.165, 1.54) is 30.4 Å². The molecule has 24 heavy (non-hydrogen) atoms. The highest BCUT2D eigenvalue weighted by Crippen LogP contribution is 2.34. The van der Waals surface area contributed by atoms with Gasteiger partial charge >= 0.3 is 0 Å². The van der Waals surface area contributed by atoms with Gasteiger partial charge in [-0.25, -0.2) is 0 Å². The Balaban J connectivity index is 1.53. The van der Waals surface area contributed by atoms with E-state index in [4.69, 9.17) is 0 Å². The normalized spacial score (nSPS) is 19.5. The molecule has 3 N–H and O–H groups in total. The van der Waals surface area contributed by atoms with E-state index in [-0.39, 0.29) is 5.75 Å². The van der Waals surface area contributed by atoms with E-state index in [9.17, 15) is 10.2 Å². The summed E-state index contributed by atoms with van der Waals surface area (Å²) < 4.78 is 0. The molecule has 0 bridgehead atoms. The van der Waals surface area contributed by atoms with E-state index in [1.807, 2.05) is 0 Å². The minimum atomic E-state index is -0.549. The number of fused-ring (bicyclic) bond motifs is 1.